The number of nitrogens with one attached hydrogen (secondary N) is 2. The van der Waals surface area contributed by atoms with Crippen molar-refractivity contribution in [3.8, 4) is 5.75 Å². The Bertz CT molecular complexity index is 1080. The molecular weight excluding hydrogens is 378 g/mol. The van der Waals surface area contributed by atoms with E-state index in [0.29, 0.717) is 39.3 Å². The lowest BCUT2D eigenvalue weighted by molar-refractivity contribution is -0.118. The summed E-state index contributed by atoms with van der Waals surface area (Å²) in [7, 11) is 0. The molecule has 10 heteroatoms. The number of ether oxygens (including phenoxy) is 1. The predicted octanol–water partition coefficient (Wildman–Crippen LogP) is 2.31. The van der Waals surface area contributed by atoms with Gasteiger partial charge in [0.2, 0.25) is 4.96 Å². The third-order valence-corrected chi connectivity index (χ3v) is 5.17. The van der Waals surface area contributed by atoms with Gasteiger partial charge in [-0.25, -0.2) is 4.98 Å². The highest BCUT2D eigenvalue weighted by atomic mass is 35.5. The summed E-state index contributed by atoms with van der Waals surface area (Å²) in [6.45, 7) is 2.26. The van der Waals surface area contributed by atoms with Gasteiger partial charge in [0.1, 0.15) is 10.8 Å². The monoisotopic (exact) mass is 391 g/mol. The fourth-order valence-corrected chi connectivity index (χ4v) is 3.64. The molecule has 0 radical (unpaired) electrons. The number of benzene rings is 1. The lowest BCUT2D eigenvalue weighted by Gasteiger charge is -2.19. The van der Waals surface area contributed by atoms with Crippen molar-refractivity contribution in [2.75, 3.05) is 17.2 Å². The molecule has 0 saturated carbocycles. The Hall–Kier alpha value is -2.65. The Morgan fingerprint density at radius 2 is 2.23 bits per heavy atom. The minimum Gasteiger partial charge on any atom is -0.482 e. The molecule has 134 valence electrons. The van der Waals surface area contributed by atoms with Gasteiger partial charge >= 0.3 is 0 Å². The molecule has 26 heavy (non-hydrogen) atoms. The lowest BCUT2D eigenvalue weighted by Crippen LogP contribution is -2.25. The molecule has 4 rings (SSSR count). The maximum absolute atomic E-state index is 12.2. The van der Waals surface area contributed by atoms with Crippen LogP contribution in [0.15, 0.2) is 23.0 Å². The van der Waals surface area contributed by atoms with Crippen LogP contribution < -0.4 is 20.9 Å². The van der Waals surface area contributed by atoms with Crippen LogP contribution in [-0.4, -0.2) is 27.1 Å². The highest BCUT2D eigenvalue weighted by Crippen LogP contribution is 2.36. The third kappa shape index (κ3) is 3.11. The summed E-state index contributed by atoms with van der Waals surface area (Å²) < 4.78 is 6.70. The Morgan fingerprint density at radius 3 is 3.04 bits per heavy atom. The minimum absolute atomic E-state index is 0.0335. The molecule has 0 fully saturated rings. The van der Waals surface area contributed by atoms with Gasteiger partial charge in [0, 0.05) is 12.1 Å². The number of anilines is 2. The zero-order valence-electron chi connectivity index (χ0n) is 13.7. The third-order valence-electron chi connectivity index (χ3n) is 3.80. The van der Waals surface area contributed by atoms with Crippen molar-refractivity contribution >= 4 is 45.2 Å². The summed E-state index contributed by atoms with van der Waals surface area (Å²) in [6.07, 6.45) is 0.752. The maximum atomic E-state index is 12.2. The van der Waals surface area contributed by atoms with Crippen LogP contribution in [0.5, 0.6) is 5.75 Å². The molecule has 0 bridgehead atoms. The van der Waals surface area contributed by atoms with Crippen LogP contribution in [0.1, 0.15) is 17.6 Å². The van der Waals surface area contributed by atoms with Crippen molar-refractivity contribution in [3.63, 3.8) is 0 Å². The van der Waals surface area contributed by atoms with E-state index in [2.05, 4.69) is 20.7 Å². The van der Waals surface area contributed by atoms with Crippen molar-refractivity contribution in [1.82, 2.24) is 14.6 Å². The van der Waals surface area contributed by atoms with Gasteiger partial charge in [-0.2, -0.15) is 9.61 Å². The average Bonchev–Trinajstić information content (AvgIpc) is 3.04. The second-order valence-corrected chi connectivity index (χ2v) is 7.10. The molecule has 2 aromatic heterocycles. The summed E-state index contributed by atoms with van der Waals surface area (Å²) in [5.74, 6) is 0.318. The number of amides is 1. The standard InChI is InChI=1S/C16H14ClN5O3S/c1-2-14-21-22-15(24)3-8(19-16(22)26-14)6-18-10-5-12-11(4-9(10)17)20-13(23)7-25-12/h3-5,18H,2,6-7H2,1H3,(H,20,23). The molecule has 3 heterocycles. The van der Waals surface area contributed by atoms with Gasteiger partial charge in [0.05, 0.1) is 28.6 Å². The number of hydrogen-bond donors (Lipinski definition) is 2. The van der Waals surface area contributed by atoms with E-state index in [1.54, 1.807) is 12.1 Å². The normalized spacial score (nSPS) is 13.2. The first-order chi connectivity index (χ1) is 12.5. The number of hydrogen-bond acceptors (Lipinski definition) is 7. The molecular formula is C16H14ClN5O3S. The zero-order chi connectivity index (χ0) is 18.3. The smallest absolute Gasteiger partial charge is 0.275 e. The number of fused-ring (bicyclic) bond motifs is 2. The van der Waals surface area contributed by atoms with E-state index in [4.69, 9.17) is 16.3 Å². The van der Waals surface area contributed by atoms with E-state index >= 15 is 0 Å². The molecule has 0 aliphatic carbocycles. The van der Waals surface area contributed by atoms with Crippen LogP contribution in [0.4, 0.5) is 11.4 Å². The van der Waals surface area contributed by atoms with E-state index < -0.39 is 0 Å². The Balaban J connectivity index is 1.58. The van der Waals surface area contributed by atoms with Gasteiger partial charge in [0.15, 0.2) is 6.61 Å². The Labute approximate surface area is 156 Å². The molecule has 8 nitrogen and oxygen atoms in total. The van der Waals surface area contributed by atoms with Gasteiger partial charge in [0.25, 0.3) is 11.5 Å². The van der Waals surface area contributed by atoms with E-state index in [9.17, 15) is 9.59 Å². The summed E-state index contributed by atoms with van der Waals surface area (Å²) in [6, 6.07) is 4.78. The largest absolute Gasteiger partial charge is 0.482 e. The first-order valence-electron chi connectivity index (χ1n) is 7.92. The number of carbonyl (C=O) groups excluding carboxylic acids is 1. The van der Waals surface area contributed by atoms with E-state index in [0.717, 1.165) is 11.4 Å². The zero-order valence-corrected chi connectivity index (χ0v) is 15.3. The molecule has 1 aromatic carbocycles. The average molecular weight is 392 g/mol. The number of rotatable bonds is 4. The van der Waals surface area contributed by atoms with Gasteiger partial charge in [-0.15, -0.1) is 0 Å². The highest BCUT2D eigenvalue weighted by Gasteiger charge is 2.18. The topological polar surface area (TPSA) is 97.6 Å². The van der Waals surface area contributed by atoms with Crippen LogP contribution >= 0.6 is 22.9 Å². The maximum Gasteiger partial charge on any atom is 0.275 e. The van der Waals surface area contributed by atoms with Crippen molar-refractivity contribution in [3.05, 3.63) is 44.3 Å². The molecule has 0 atom stereocenters. The second-order valence-electron chi connectivity index (χ2n) is 5.65. The SMILES string of the molecule is CCc1nn2c(=O)cc(CNc3cc4c(cc3Cl)NC(=O)CO4)nc2s1. The molecule has 1 aliphatic rings. The van der Waals surface area contributed by atoms with Gasteiger partial charge in [-0.1, -0.05) is 29.9 Å². The van der Waals surface area contributed by atoms with Crippen molar-refractivity contribution in [2.45, 2.75) is 19.9 Å². The number of aryl methyl sites for hydroxylation is 1. The first-order valence-corrected chi connectivity index (χ1v) is 9.11. The van der Waals surface area contributed by atoms with Crippen LogP contribution in [0.2, 0.25) is 5.02 Å². The van der Waals surface area contributed by atoms with Gasteiger partial charge in [-0.3, -0.25) is 9.59 Å². The van der Waals surface area contributed by atoms with E-state index in [1.165, 1.54) is 21.9 Å². The fourth-order valence-electron chi connectivity index (χ4n) is 2.55. The number of carbonyl (C=O) groups is 1. The molecule has 0 spiro atoms. The summed E-state index contributed by atoms with van der Waals surface area (Å²) in [5.41, 5.74) is 1.53. The van der Waals surface area contributed by atoms with Crippen LogP contribution in [-0.2, 0) is 17.8 Å². The lowest BCUT2D eigenvalue weighted by atomic mass is 10.2. The van der Waals surface area contributed by atoms with Gasteiger partial charge < -0.3 is 15.4 Å². The first kappa shape index (κ1) is 16.8. The molecule has 0 saturated heterocycles. The molecule has 2 N–H and O–H groups in total. The van der Waals surface area contributed by atoms with Crippen molar-refractivity contribution in [2.24, 2.45) is 0 Å². The number of nitrogens with zero attached hydrogens (tertiary/aromatic N) is 3. The highest BCUT2D eigenvalue weighted by molar-refractivity contribution is 7.16. The quantitative estimate of drug-likeness (QED) is 0.708. The number of aromatic nitrogens is 3. The van der Waals surface area contributed by atoms with Crippen LogP contribution in [0, 0.1) is 0 Å². The Kier molecular flexibility index (Phi) is 4.25. The van der Waals surface area contributed by atoms with E-state index in [-0.39, 0.29) is 18.1 Å². The fraction of sp³-hybridized carbons (Fsp3) is 0.250. The van der Waals surface area contributed by atoms with Crippen LogP contribution in [0.3, 0.4) is 0 Å². The number of halogens is 1. The summed E-state index contributed by atoms with van der Waals surface area (Å²) in [5, 5.41) is 11.4. The Morgan fingerprint density at radius 1 is 1.38 bits per heavy atom. The van der Waals surface area contributed by atoms with E-state index in [1.807, 2.05) is 6.92 Å². The second kappa shape index (κ2) is 6.58. The molecule has 1 aliphatic heterocycles. The predicted molar refractivity (Wildman–Crippen MR) is 99.4 cm³/mol. The molecule has 0 unspecified atom stereocenters. The van der Waals surface area contributed by atoms with Crippen LogP contribution in [0.25, 0.3) is 4.96 Å². The summed E-state index contributed by atoms with van der Waals surface area (Å²) in [4.78, 5) is 28.6. The molecule has 1 amide bonds. The van der Waals surface area contributed by atoms with Gasteiger partial charge in [-0.05, 0) is 12.5 Å². The molecule has 3 aromatic rings. The minimum atomic E-state index is -0.219. The summed E-state index contributed by atoms with van der Waals surface area (Å²) >= 11 is 7.66. The van der Waals surface area contributed by atoms with Crippen molar-refractivity contribution in [1.29, 1.82) is 0 Å². The van der Waals surface area contributed by atoms with Crippen molar-refractivity contribution < 1.29 is 9.53 Å².